The highest BCUT2D eigenvalue weighted by atomic mass is 35.5. The number of hydrogen-bond donors (Lipinski definition) is 1. The number of carbonyl (C=O) groups excluding carboxylic acids is 1. The number of carbonyl (C=O) groups is 1. The number of nitrogens with zero attached hydrogens (tertiary/aromatic N) is 2. The number of amides is 1. The zero-order valence-electron chi connectivity index (χ0n) is 13.5. The molecular formula is C18H12Cl3N3O2. The SMILES string of the molecule is Cc1ccc(Cl)cc1NC(=O)c1cncnc1Oc1cc(Cl)ccc1Cl. The second kappa shape index (κ2) is 7.91. The van der Waals surface area contributed by atoms with Gasteiger partial charge in [-0.15, -0.1) is 0 Å². The van der Waals surface area contributed by atoms with Gasteiger partial charge in [0.05, 0.1) is 5.02 Å². The van der Waals surface area contributed by atoms with Crippen molar-refractivity contribution in [2.45, 2.75) is 6.92 Å². The third-order valence-electron chi connectivity index (χ3n) is 3.47. The predicted octanol–water partition coefficient (Wildman–Crippen LogP) is 5.79. The Labute approximate surface area is 164 Å². The van der Waals surface area contributed by atoms with Crippen LogP contribution >= 0.6 is 34.8 Å². The average Bonchev–Trinajstić information content (AvgIpc) is 2.61. The Kier molecular flexibility index (Phi) is 5.61. The first-order valence-corrected chi connectivity index (χ1v) is 8.58. The lowest BCUT2D eigenvalue weighted by molar-refractivity contribution is 0.102. The highest BCUT2D eigenvalue weighted by Gasteiger charge is 2.17. The molecule has 2 aromatic carbocycles. The van der Waals surface area contributed by atoms with Crippen LogP contribution in [0, 0.1) is 6.92 Å². The Balaban J connectivity index is 1.90. The molecule has 0 aliphatic rings. The van der Waals surface area contributed by atoms with E-state index in [1.54, 1.807) is 24.3 Å². The third kappa shape index (κ3) is 4.25. The van der Waals surface area contributed by atoms with Gasteiger partial charge in [-0.25, -0.2) is 9.97 Å². The number of anilines is 1. The zero-order chi connectivity index (χ0) is 18.7. The molecule has 0 atom stereocenters. The van der Waals surface area contributed by atoms with Gasteiger partial charge in [-0.1, -0.05) is 40.9 Å². The molecule has 5 nitrogen and oxygen atoms in total. The molecule has 1 heterocycles. The summed E-state index contributed by atoms with van der Waals surface area (Å²) < 4.78 is 5.68. The van der Waals surface area contributed by atoms with Crippen LogP contribution in [0.1, 0.15) is 15.9 Å². The van der Waals surface area contributed by atoms with Crippen molar-refractivity contribution in [2.24, 2.45) is 0 Å². The molecule has 1 N–H and O–H groups in total. The fraction of sp³-hybridized carbons (Fsp3) is 0.0556. The van der Waals surface area contributed by atoms with Crippen LogP contribution in [0.4, 0.5) is 5.69 Å². The molecule has 0 spiro atoms. The molecule has 1 amide bonds. The lowest BCUT2D eigenvalue weighted by atomic mass is 10.2. The molecule has 3 rings (SSSR count). The molecule has 8 heteroatoms. The summed E-state index contributed by atoms with van der Waals surface area (Å²) in [6.45, 7) is 1.86. The number of rotatable bonds is 4. The Hall–Kier alpha value is -2.34. The molecule has 132 valence electrons. The van der Waals surface area contributed by atoms with Crippen LogP contribution in [-0.2, 0) is 0 Å². The van der Waals surface area contributed by atoms with E-state index >= 15 is 0 Å². The summed E-state index contributed by atoms with van der Waals surface area (Å²) >= 11 is 18.1. The number of ether oxygens (including phenoxy) is 1. The summed E-state index contributed by atoms with van der Waals surface area (Å²) in [5.41, 5.74) is 1.58. The molecule has 1 aromatic heterocycles. The molecule has 0 bridgehead atoms. The Morgan fingerprint density at radius 3 is 2.62 bits per heavy atom. The first-order valence-electron chi connectivity index (χ1n) is 7.44. The minimum Gasteiger partial charge on any atom is -0.436 e. The van der Waals surface area contributed by atoms with E-state index in [2.05, 4.69) is 15.3 Å². The predicted molar refractivity (Wildman–Crippen MR) is 103 cm³/mol. The van der Waals surface area contributed by atoms with Crippen molar-refractivity contribution in [3.63, 3.8) is 0 Å². The van der Waals surface area contributed by atoms with E-state index in [1.807, 2.05) is 13.0 Å². The average molecular weight is 409 g/mol. The van der Waals surface area contributed by atoms with Gasteiger partial charge >= 0.3 is 0 Å². The van der Waals surface area contributed by atoms with E-state index in [9.17, 15) is 4.79 Å². The summed E-state index contributed by atoms with van der Waals surface area (Å²) in [6, 6.07) is 9.97. The van der Waals surface area contributed by atoms with Gasteiger partial charge in [-0.05, 0) is 36.8 Å². The number of aryl methyl sites for hydroxylation is 1. The van der Waals surface area contributed by atoms with Gasteiger partial charge in [0.15, 0.2) is 0 Å². The topological polar surface area (TPSA) is 64.1 Å². The Morgan fingerprint density at radius 1 is 1.08 bits per heavy atom. The Bertz CT molecular complexity index is 980. The second-order valence-corrected chi connectivity index (χ2v) is 6.61. The molecule has 0 saturated carbocycles. The van der Waals surface area contributed by atoms with E-state index in [1.165, 1.54) is 18.6 Å². The monoisotopic (exact) mass is 407 g/mol. The van der Waals surface area contributed by atoms with Gasteiger partial charge < -0.3 is 10.1 Å². The first kappa shape index (κ1) is 18.5. The molecular weight excluding hydrogens is 397 g/mol. The maximum atomic E-state index is 12.7. The minimum atomic E-state index is -0.441. The van der Waals surface area contributed by atoms with Crippen LogP contribution in [0.2, 0.25) is 15.1 Å². The van der Waals surface area contributed by atoms with Crippen LogP contribution in [0.5, 0.6) is 11.6 Å². The molecule has 0 aliphatic carbocycles. The summed E-state index contributed by atoms with van der Waals surface area (Å²) in [6.07, 6.45) is 2.63. The number of halogens is 3. The molecule has 0 radical (unpaired) electrons. The summed E-state index contributed by atoms with van der Waals surface area (Å²) in [4.78, 5) is 20.6. The largest absolute Gasteiger partial charge is 0.436 e. The summed E-state index contributed by atoms with van der Waals surface area (Å²) in [7, 11) is 0. The lowest BCUT2D eigenvalue weighted by Crippen LogP contribution is -2.15. The molecule has 26 heavy (non-hydrogen) atoms. The van der Waals surface area contributed by atoms with Crippen LogP contribution in [0.25, 0.3) is 0 Å². The van der Waals surface area contributed by atoms with Gasteiger partial charge in [0.2, 0.25) is 5.88 Å². The van der Waals surface area contributed by atoms with E-state index in [4.69, 9.17) is 39.5 Å². The van der Waals surface area contributed by atoms with Gasteiger partial charge in [0.1, 0.15) is 17.6 Å². The normalized spacial score (nSPS) is 10.5. The maximum absolute atomic E-state index is 12.7. The van der Waals surface area contributed by atoms with Crippen molar-refractivity contribution in [3.8, 4) is 11.6 Å². The molecule has 0 fully saturated rings. The van der Waals surface area contributed by atoms with Gasteiger partial charge in [0, 0.05) is 28.0 Å². The second-order valence-electron chi connectivity index (χ2n) is 5.33. The van der Waals surface area contributed by atoms with Gasteiger partial charge in [0.25, 0.3) is 5.91 Å². The van der Waals surface area contributed by atoms with Crippen molar-refractivity contribution in [2.75, 3.05) is 5.32 Å². The standard InChI is InChI=1S/C18H12Cl3N3O2/c1-10-2-3-11(19)6-15(10)24-17(25)13-8-22-9-23-18(13)26-16-7-12(20)4-5-14(16)21/h2-9H,1H3,(H,24,25). The van der Waals surface area contributed by atoms with Crippen LogP contribution < -0.4 is 10.1 Å². The fourth-order valence-electron chi connectivity index (χ4n) is 2.13. The van der Waals surface area contributed by atoms with E-state index in [-0.39, 0.29) is 17.2 Å². The van der Waals surface area contributed by atoms with Gasteiger partial charge in [-0.3, -0.25) is 4.79 Å². The first-order chi connectivity index (χ1) is 12.4. The van der Waals surface area contributed by atoms with Crippen molar-refractivity contribution in [1.82, 2.24) is 9.97 Å². The number of aromatic nitrogens is 2. The van der Waals surface area contributed by atoms with E-state index < -0.39 is 5.91 Å². The summed E-state index contributed by atoms with van der Waals surface area (Å²) in [5.74, 6) is -0.101. The third-order valence-corrected chi connectivity index (χ3v) is 4.25. The van der Waals surface area contributed by atoms with Crippen molar-refractivity contribution in [3.05, 3.63) is 75.1 Å². The maximum Gasteiger partial charge on any atom is 0.262 e. The van der Waals surface area contributed by atoms with E-state index in [0.29, 0.717) is 20.8 Å². The molecule has 3 aromatic rings. The quantitative estimate of drug-likeness (QED) is 0.593. The number of benzene rings is 2. The minimum absolute atomic E-state index is 0.0568. The van der Waals surface area contributed by atoms with Gasteiger partial charge in [-0.2, -0.15) is 0 Å². The zero-order valence-corrected chi connectivity index (χ0v) is 15.7. The fourth-order valence-corrected chi connectivity index (χ4v) is 2.62. The molecule has 0 saturated heterocycles. The highest BCUT2D eigenvalue weighted by molar-refractivity contribution is 6.34. The smallest absolute Gasteiger partial charge is 0.262 e. The molecule has 0 aliphatic heterocycles. The van der Waals surface area contributed by atoms with Crippen molar-refractivity contribution < 1.29 is 9.53 Å². The van der Waals surface area contributed by atoms with Crippen LogP contribution in [0.3, 0.4) is 0 Å². The van der Waals surface area contributed by atoms with E-state index in [0.717, 1.165) is 5.56 Å². The van der Waals surface area contributed by atoms with Crippen molar-refractivity contribution >= 4 is 46.4 Å². The Morgan fingerprint density at radius 2 is 1.81 bits per heavy atom. The number of hydrogen-bond acceptors (Lipinski definition) is 4. The van der Waals surface area contributed by atoms with Crippen molar-refractivity contribution in [1.29, 1.82) is 0 Å². The molecule has 0 unspecified atom stereocenters. The highest BCUT2D eigenvalue weighted by Crippen LogP contribution is 2.32. The van der Waals surface area contributed by atoms with Crippen LogP contribution in [0.15, 0.2) is 48.9 Å². The summed E-state index contributed by atoms with van der Waals surface area (Å²) in [5, 5.41) is 4.07. The lowest BCUT2D eigenvalue weighted by Gasteiger charge is -2.12. The number of nitrogens with one attached hydrogen (secondary N) is 1. The van der Waals surface area contributed by atoms with Crippen LogP contribution in [-0.4, -0.2) is 15.9 Å².